The van der Waals surface area contributed by atoms with Crippen LogP contribution in [0.1, 0.15) is 97.8 Å². The van der Waals surface area contributed by atoms with Gasteiger partial charge in [-0.1, -0.05) is 38.3 Å². The van der Waals surface area contributed by atoms with Crippen molar-refractivity contribution in [3.63, 3.8) is 0 Å². The van der Waals surface area contributed by atoms with Crippen molar-refractivity contribution >= 4 is 0 Å². The van der Waals surface area contributed by atoms with E-state index in [1.54, 1.807) is 5.57 Å². The molecule has 25 heavy (non-hydrogen) atoms. The predicted octanol–water partition coefficient (Wildman–Crippen LogP) is 6.51. The first kappa shape index (κ1) is 18.1. The Kier molecular flexibility index (Phi) is 4.84. The summed E-state index contributed by atoms with van der Waals surface area (Å²) in [6, 6.07) is 0. The van der Waals surface area contributed by atoms with Crippen molar-refractivity contribution in [3.05, 3.63) is 11.6 Å². The molecule has 0 aliphatic heterocycles. The molecule has 0 bridgehead atoms. The maximum atomic E-state index is 11.1. The van der Waals surface area contributed by atoms with E-state index >= 15 is 0 Å². The Hall–Kier alpha value is -0.300. The van der Waals surface area contributed by atoms with Crippen LogP contribution in [-0.2, 0) is 0 Å². The molecule has 0 aromatic heterocycles. The zero-order chi connectivity index (χ0) is 17.7. The van der Waals surface area contributed by atoms with E-state index in [9.17, 15) is 5.11 Å². The van der Waals surface area contributed by atoms with Gasteiger partial charge in [0.1, 0.15) is 0 Å². The van der Waals surface area contributed by atoms with Gasteiger partial charge in [0, 0.05) is 0 Å². The molecule has 142 valence electrons. The summed E-state index contributed by atoms with van der Waals surface area (Å²) in [7, 11) is 0. The second-order valence-corrected chi connectivity index (χ2v) is 10.3. The fraction of sp³-hybridized carbons (Fsp3) is 0.917. The van der Waals surface area contributed by atoms with E-state index in [1.165, 1.54) is 57.8 Å². The highest BCUT2D eigenvalue weighted by atomic mass is 16.3. The average Bonchev–Trinajstić information content (AvgIpc) is 2.96. The smallest absolute Gasteiger partial charge is 0.0650 e. The van der Waals surface area contributed by atoms with Gasteiger partial charge in [-0.25, -0.2) is 0 Å². The van der Waals surface area contributed by atoms with Gasteiger partial charge in [0.25, 0.3) is 0 Å². The van der Waals surface area contributed by atoms with E-state index in [0.717, 1.165) is 48.9 Å². The third-order valence-corrected chi connectivity index (χ3v) is 9.30. The van der Waals surface area contributed by atoms with E-state index in [0.29, 0.717) is 5.41 Å². The van der Waals surface area contributed by atoms with Crippen molar-refractivity contribution in [2.45, 2.75) is 103 Å². The summed E-state index contributed by atoms with van der Waals surface area (Å²) < 4.78 is 0. The molecular weight excluding hydrogens is 304 g/mol. The molecule has 0 heterocycles. The maximum Gasteiger partial charge on any atom is 0.0650 e. The SMILES string of the molecule is C/C=C1/CC[C@H]2[C@@H]3CC[C@@H]4C[C@@](O)(CCCC)CC[C@@H]4[C@H]3CC[C@]12C. The largest absolute Gasteiger partial charge is 0.390 e. The molecule has 4 fully saturated rings. The number of aliphatic hydroxyl groups is 1. The molecule has 7 atom stereocenters. The summed E-state index contributed by atoms with van der Waals surface area (Å²) in [5, 5.41) is 11.1. The molecule has 4 aliphatic rings. The normalized spacial score (nSPS) is 51.0. The first-order valence-corrected chi connectivity index (χ1v) is 11.4. The fourth-order valence-electron chi connectivity index (χ4n) is 8.02. The minimum absolute atomic E-state index is 0.321. The Morgan fingerprint density at radius 1 is 1.04 bits per heavy atom. The lowest BCUT2D eigenvalue weighted by molar-refractivity contribution is -0.100. The monoisotopic (exact) mass is 344 g/mol. The van der Waals surface area contributed by atoms with E-state index in [4.69, 9.17) is 0 Å². The highest BCUT2D eigenvalue weighted by molar-refractivity contribution is 5.23. The molecule has 0 spiro atoms. The maximum absolute atomic E-state index is 11.1. The molecule has 0 radical (unpaired) electrons. The minimum atomic E-state index is -0.321. The second kappa shape index (κ2) is 6.70. The third-order valence-electron chi connectivity index (χ3n) is 9.30. The summed E-state index contributed by atoms with van der Waals surface area (Å²) in [5.41, 5.74) is 1.98. The lowest BCUT2D eigenvalue weighted by Gasteiger charge is -2.56. The van der Waals surface area contributed by atoms with Crippen LogP contribution in [0.3, 0.4) is 0 Å². The number of allylic oxidation sites excluding steroid dienone is 2. The summed E-state index contributed by atoms with van der Waals surface area (Å²) in [5.74, 6) is 4.67. The Morgan fingerprint density at radius 2 is 1.84 bits per heavy atom. The number of hydrogen-bond acceptors (Lipinski definition) is 1. The van der Waals surface area contributed by atoms with Crippen LogP contribution in [0.2, 0.25) is 0 Å². The van der Waals surface area contributed by atoms with Gasteiger partial charge in [0.15, 0.2) is 0 Å². The van der Waals surface area contributed by atoms with Gasteiger partial charge in [-0.3, -0.25) is 0 Å². The predicted molar refractivity (Wildman–Crippen MR) is 105 cm³/mol. The minimum Gasteiger partial charge on any atom is -0.390 e. The van der Waals surface area contributed by atoms with E-state index < -0.39 is 0 Å². The van der Waals surface area contributed by atoms with Crippen LogP contribution in [0.4, 0.5) is 0 Å². The Balaban J connectivity index is 1.48. The molecule has 0 aromatic rings. The van der Waals surface area contributed by atoms with Crippen molar-refractivity contribution in [3.8, 4) is 0 Å². The van der Waals surface area contributed by atoms with Crippen LogP contribution in [0.15, 0.2) is 11.6 Å². The molecule has 0 aromatic carbocycles. The van der Waals surface area contributed by atoms with Crippen LogP contribution >= 0.6 is 0 Å². The average molecular weight is 345 g/mol. The Morgan fingerprint density at radius 3 is 2.60 bits per heavy atom. The second-order valence-electron chi connectivity index (χ2n) is 10.3. The highest BCUT2D eigenvalue weighted by Crippen LogP contribution is 2.64. The third kappa shape index (κ3) is 2.93. The molecule has 4 saturated carbocycles. The lowest BCUT2D eigenvalue weighted by Crippen LogP contribution is -2.50. The fourth-order valence-corrected chi connectivity index (χ4v) is 8.02. The summed E-state index contributed by atoms with van der Waals surface area (Å²) in [4.78, 5) is 0. The van der Waals surface area contributed by atoms with Gasteiger partial charge < -0.3 is 5.11 Å². The zero-order valence-electron chi connectivity index (χ0n) is 16.9. The summed E-state index contributed by atoms with van der Waals surface area (Å²) >= 11 is 0. The first-order chi connectivity index (χ1) is 12.0. The van der Waals surface area contributed by atoms with Gasteiger partial charge in [-0.2, -0.15) is 0 Å². The van der Waals surface area contributed by atoms with Crippen LogP contribution < -0.4 is 0 Å². The van der Waals surface area contributed by atoms with Crippen LogP contribution in [0, 0.1) is 35.0 Å². The van der Waals surface area contributed by atoms with Crippen molar-refractivity contribution in [2.75, 3.05) is 0 Å². The number of hydrogen-bond donors (Lipinski definition) is 1. The molecule has 1 N–H and O–H groups in total. The molecule has 1 nitrogen and oxygen atoms in total. The summed E-state index contributed by atoms with van der Waals surface area (Å²) in [6.07, 6.45) is 18.0. The first-order valence-electron chi connectivity index (χ1n) is 11.4. The van der Waals surface area contributed by atoms with Gasteiger partial charge in [0.05, 0.1) is 5.60 Å². The molecule has 0 unspecified atom stereocenters. The molecule has 0 amide bonds. The molecule has 4 aliphatic carbocycles. The lowest BCUT2D eigenvalue weighted by atomic mass is 9.49. The zero-order valence-corrected chi connectivity index (χ0v) is 16.9. The Labute approximate surface area is 155 Å². The number of fused-ring (bicyclic) bond motifs is 5. The number of unbranched alkanes of at least 4 members (excludes halogenated alkanes) is 1. The quantitative estimate of drug-likeness (QED) is 0.579. The molecule has 4 rings (SSSR count). The van der Waals surface area contributed by atoms with Gasteiger partial charge in [-0.05, 0) is 106 Å². The van der Waals surface area contributed by atoms with Crippen LogP contribution in [-0.4, -0.2) is 10.7 Å². The van der Waals surface area contributed by atoms with Crippen LogP contribution in [0.5, 0.6) is 0 Å². The Bertz CT molecular complexity index is 522. The van der Waals surface area contributed by atoms with Crippen LogP contribution in [0.25, 0.3) is 0 Å². The summed E-state index contributed by atoms with van der Waals surface area (Å²) in [6.45, 7) is 7.11. The van der Waals surface area contributed by atoms with E-state index in [1.807, 2.05) is 0 Å². The standard InChI is InChI=1S/C24H40O/c1-4-6-13-24(25)15-12-19-17(16-24)7-9-21-20(19)11-14-23(3)18(5-2)8-10-22(21)23/h5,17,19-22,25H,4,6-16H2,1-3H3/b18-5-/t17-,19+,20-,21-,22+,23-,24-/m1/s1. The van der Waals surface area contributed by atoms with Gasteiger partial charge in [0.2, 0.25) is 0 Å². The van der Waals surface area contributed by atoms with Crippen molar-refractivity contribution in [2.24, 2.45) is 35.0 Å². The van der Waals surface area contributed by atoms with Gasteiger partial charge >= 0.3 is 0 Å². The van der Waals surface area contributed by atoms with Crippen molar-refractivity contribution < 1.29 is 5.11 Å². The van der Waals surface area contributed by atoms with E-state index in [2.05, 4.69) is 26.8 Å². The molecular formula is C24H40O. The molecule has 0 saturated heterocycles. The van der Waals surface area contributed by atoms with Crippen molar-refractivity contribution in [1.82, 2.24) is 0 Å². The molecule has 1 heteroatoms. The highest BCUT2D eigenvalue weighted by Gasteiger charge is 2.55. The topological polar surface area (TPSA) is 20.2 Å². The van der Waals surface area contributed by atoms with Crippen molar-refractivity contribution in [1.29, 1.82) is 0 Å². The van der Waals surface area contributed by atoms with Gasteiger partial charge in [-0.15, -0.1) is 0 Å². The van der Waals surface area contributed by atoms with E-state index in [-0.39, 0.29) is 5.60 Å². The number of rotatable bonds is 3.